The Kier molecular flexibility index (Phi) is 5.68. The van der Waals surface area contributed by atoms with Crippen LogP contribution in [-0.4, -0.2) is 13.7 Å². The molecule has 0 bridgehead atoms. The van der Waals surface area contributed by atoms with Crippen molar-refractivity contribution >= 4 is 0 Å². The van der Waals surface area contributed by atoms with Gasteiger partial charge in [-0.2, -0.15) is 13.2 Å². The number of alkyl halides is 3. The van der Waals surface area contributed by atoms with Crippen LogP contribution in [0.25, 0.3) is 0 Å². The summed E-state index contributed by atoms with van der Waals surface area (Å²) >= 11 is 0. The van der Waals surface area contributed by atoms with Crippen molar-refractivity contribution in [3.05, 3.63) is 94.5 Å². The summed E-state index contributed by atoms with van der Waals surface area (Å²) in [7, 11) is 1.56. The quantitative estimate of drug-likeness (QED) is 0.597. The molecule has 0 saturated heterocycles. The maximum absolute atomic E-state index is 13.6. The van der Waals surface area contributed by atoms with Gasteiger partial charge >= 0.3 is 6.18 Å². The number of halogens is 3. The van der Waals surface area contributed by atoms with E-state index in [4.69, 9.17) is 9.47 Å². The van der Waals surface area contributed by atoms with Crippen LogP contribution < -0.4 is 14.8 Å². The summed E-state index contributed by atoms with van der Waals surface area (Å²) in [6, 6.07) is 18.5. The predicted molar refractivity (Wildman–Crippen MR) is 109 cm³/mol. The van der Waals surface area contributed by atoms with Gasteiger partial charge in [-0.15, -0.1) is 0 Å². The zero-order valence-electron chi connectivity index (χ0n) is 16.5. The molecule has 3 aromatic rings. The van der Waals surface area contributed by atoms with Crippen molar-refractivity contribution < 1.29 is 22.6 Å². The van der Waals surface area contributed by atoms with Gasteiger partial charge in [0.05, 0.1) is 18.7 Å². The van der Waals surface area contributed by atoms with E-state index in [2.05, 4.69) is 5.32 Å². The highest BCUT2D eigenvalue weighted by Gasteiger charge is 2.36. The van der Waals surface area contributed by atoms with Gasteiger partial charge in [0.15, 0.2) is 11.5 Å². The maximum Gasteiger partial charge on any atom is 0.416 e. The zero-order valence-corrected chi connectivity index (χ0v) is 16.5. The van der Waals surface area contributed by atoms with Gasteiger partial charge < -0.3 is 14.8 Å². The summed E-state index contributed by atoms with van der Waals surface area (Å²) in [5.74, 6) is 1.09. The topological polar surface area (TPSA) is 30.5 Å². The van der Waals surface area contributed by atoms with Crippen molar-refractivity contribution in [2.45, 2.75) is 25.2 Å². The molecule has 1 N–H and O–H groups in total. The minimum Gasteiger partial charge on any atom is -0.493 e. The lowest BCUT2D eigenvalue weighted by Crippen LogP contribution is -2.32. The molecular weight excluding hydrogens is 391 g/mol. The van der Waals surface area contributed by atoms with Gasteiger partial charge in [-0.05, 0) is 46.9 Å². The standard InChI is InChI=1S/C24H22F3NO2/c1-29-21-13-17-11-12-28-23(18-9-5-6-10-20(18)24(25,26)27)19(17)14-22(21)30-15-16-7-3-2-4-8-16/h2-10,13-14,23,28H,11-12,15H2,1H3. The monoisotopic (exact) mass is 413 g/mol. The van der Waals surface area contributed by atoms with E-state index in [1.807, 2.05) is 36.4 Å². The summed E-state index contributed by atoms with van der Waals surface area (Å²) in [6.07, 6.45) is -3.72. The summed E-state index contributed by atoms with van der Waals surface area (Å²) < 4.78 is 52.3. The van der Waals surface area contributed by atoms with E-state index < -0.39 is 17.8 Å². The number of ether oxygens (including phenoxy) is 2. The molecule has 1 aliphatic rings. The SMILES string of the molecule is COc1cc2c(cc1OCc1ccccc1)C(c1ccccc1C(F)(F)F)NCC2. The van der Waals surface area contributed by atoms with Gasteiger partial charge in [0.25, 0.3) is 0 Å². The molecule has 6 heteroatoms. The first kappa shape index (κ1) is 20.3. The van der Waals surface area contributed by atoms with Crippen molar-refractivity contribution in [2.24, 2.45) is 0 Å². The number of rotatable bonds is 5. The van der Waals surface area contributed by atoms with Gasteiger partial charge in [-0.1, -0.05) is 48.5 Å². The van der Waals surface area contributed by atoms with Crippen LogP contribution in [0, 0.1) is 0 Å². The maximum atomic E-state index is 13.6. The molecule has 4 rings (SSSR count). The second-order valence-corrected chi connectivity index (χ2v) is 7.20. The third-order valence-corrected chi connectivity index (χ3v) is 5.29. The number of benzene rings is 3. The molecule has 0 aliphatic carbocycles. The average Bonchev–Trinajstić information content (AvgIpc) is 2.76. The zero-order chi connectivity index (χ0) is 21.1. The summed E-state index contributed by atoms with van der Waals surface area (Å²) in [5.41, 5.74) is 2.32. The fraction of sp³-hybridized carbons (Fsp3) is 0.250. The largest absolute Gasteiger partial charge is 0.493 e. The normalized spacial score (nSPS) is 16.1. The molecule has 0 spiro atoms. The predicted octanol–water partition coefficient (Wildman–Crippen LogP) is 5.53. The summed E-state index contributed by atoms with van der Waals surface area (Å²) in [6.45, 7) is 0.921. The lowest BCUT2D eigenvalue weighted by Gasteiger charge is -2.30. The van der Waals surface area contributed by atoms with E-state index in [0.717, 1.165) is 22.8 Å². The van der Waals surface area contributed by atoms with Crippen LogP contribution in [0.3, 0.4) is 0 Å². The Morgan fingerprint density at radius 3 is 2.40 bits per heavy atom. The molecule has 0 radical (unpaired) electrons. The summed E-state index contributed by atoms with van der Waals surface area (Å²) in [4.78, 5) is 0. The number of methoxy groups -OCH3 is 1. The van der Waals surface area contributed by atoms with Crippen molar-refractivity contribution in [3.8, 4) is 11.5 Å². The number of hydrogen-bond donors (Lipinski definition) is 1. The molecule has 0 aromatic heterocycles. The molecule has 0 saturated carbocycles. The van der Waals surface area contributed by atoms with Gasteiger partial charge in [0, 0.05) is 6.54 Å². The van der Waals surface area contributed by atoms with Gasteiger partial charge in [0.1, 0.15) is 6.61 Å². The number of hydrogen-bond acceptors (Lipinski definition) is 3. The smallest absolute Gasteiger partial charge is 0.416 e. The molecule has 0 amide bonds. The first-order valence-corrected chi connectivity index (χ1v) is 9.74. The fourth-order valence-electron chi connectivity index (χ4n) is 3.86. The molecule has 1 unspecified atom stereocenters. The lowest BCUT2D eigenvalue weighted by molar-refractivity contribution is -0.138. The van der Waals surface area contributed by atoms with Gasteiger partial charge in [-0.25, -0.2) is 0 Å². The van der Waals surface area contributed by atoms with Gasteiger partial charge in [-0.3, -0.25) is 0 Å². The Bertz CT molecular complexity index is 1020. The van der Waals surface area contributed by atoms with Crippen LogP contribution >= 0.6 is 0 Å². The third-order valence-electron chi connectivity index (χ3n) is 5.29. The molecular formula is C24H22F3NO2. The van der Waals surface area contributed by atoms with E-state index >= 15 is 0 Å². The molecule has 3 nitrogen and oxygen atoms in total. The Morgan fingerprint density at radius 2 is 1.67 bits per heavy atom. The Hall–Kier alpha value is -2.99. The number of fused-ring (bicyclic) bond motifs is 1. The second kappa shape index (κ2) is 8.40. The van der Waals surface area contributed by atoms with E-state index in [1.165, 1.54) is 12.1 Å². The molecule has 156 valence electrons. The van der Waals surface area contributed by atoms with Crippen LogP contribution in [-0.2, 0) is 19.2 Å². The highest BCUT2D eigenvalue weighted by molar-refractivity contribution is 5.52. The highest BCUT2D eigenvalue weighted by Crippen LogP contribution is 2.41. The minimum atomic E-state index is -4.42. The molecule has 1 aliphatic heterocycles. The summed E-state index contributed by atoms with van der Waals surface area (Å²) in [5, 5.41) is 3.25. The minimum absolute atomic E-state index is 0.213. The Balaban J connectivity index is 1.73. The van der Waals surface area contributed by atoms with Crippen molar-refractivity contribution in [3.63, 3.8) is 0 Å². The highest BCUT2D eigenvalue weighted by atomic mass is 19.4. The number of nitrogens with one attached hydrogen (secondary N) is 1. The first-order valence-electron chi connectivity index (χ1n) is 9.74. The Labute approximate surface area is 173 Å². The van der Waals surface area contributed by atoms with Crippen LogP contribution in [0.2, 0.25) is 0 Å². The van der Waals surface area contributed by atoms with Gasteiger partial charge in [0.2, 0.25) is 0 Å². The fourth-order valence-corrected chi connectivity index (χ4v) is 3.86. The Morgan fingerprint density at radius 1 is 0.933 bits per heavy atom. The molecule has 0 fully saturated rings. The first-order chi connectivity index (χ1) is 14.5. The van der Waals surface area contributed by atoms with Crippen LogP contribution in [0.5, 0.6) is 11.5 Å². The van der Waals surface area contributed by atoms with Crippen LogP contribution in [0.15, 0.2) is 66.7 Å². The van der Waals surface area contributed by atoms with Crippen molar-refractivity contribution in [2.75, 3.05) is 13.7 Å². The molecule has 3 aromatic carbocycles. The van der Waals surface area contributed by atoms with Crippen LogP contribution in [0.4, 0.5) is 13.2 Å². The molecule has 1 heterocycles. The average molecular weight is 413 g/mol. The lowest BCUT2D eigenvalue weighted by atomic mass is 9.87. The third kappa shape index (κ3) is 4.14. The van der Waals surface area contributed by atoms with E-state index in [0.29, 0.717) is 31.1 Å². The van der Waals surface area contributed by atoms with E-state index in [9.17, 15) is 13.2 Å². The van der Waals surface area contributed by atoms with E-state index in [-0.39, 0.29) is 5.56 Å². The van der Waals surface area contributed by atoms with E-state index in [1.54, 1.807) is 19.2 Å². The van der Waals surface area contributed by atoms with Crippen LogP contribution in [0.1, 0.15) is 33.9 Å². The second-order valence-electron chi connectivity index (χ2n) is 7.20. The van der Waals surface area contributed by atoms with Crippen molar-refractivity contribution in [1.82, 2.24) is 5.32 Å². The molecule has 30 heavy (non-hydrogen) atoms. The van der Waals surface area contributed by atoms with Crippen molar-refractivity contribution in [1.29, 1.82) is 0 Å². The molecule has 1 atom stereocenters.